The standard InChI is InChI=1S/C11H13F3N2O6S2/c1-7(10(17)18)16-24(21,22)9-4-2-8(3-5-9)23(19,20)15-6-11(12,13)14/h2-5,7,15-16H,6H2,1H3,(H,17,18)/t7-/m0/s1. The molecule has 0 saturated carbocycles. The third-order valence-corrected chi connectivity index (χ3v) is 5.58. The molecule has 0 bridgehead atoms. The molecule has 0 heterocycles. The van der Waals surface area contributed by atoms with Gasteiger partial charge in [-0.25, -0.2) is 21.6 Å². The van der Waals surface area contributed by atoms with E-state index in [-0.39, 0.29) is 0 Å². The fourth-order valence-corrected chi connectivity index (χ4v) is 3.62. The van der Waals surface area contributed by atoms with Gasteiger partial charge in [-0.1, -0.05) is 0 Å². The maximum atomic E-state index is 12.0. The van der Waals surface area contributed by atoms with Gasteiger partial charge in [0, 0.05) is 0 Å². The topological polar surface area (TPSA) is 130 Å². The van der Waals surface area contributed by atoms with E-state index in [4.69, 9.17) is 5.11 Å². The Labute approximate surface area is 135 Å². The Morgan fingerprint density at radius 2 is 1.50 bits per heavy atom. The molecule has 1 rings (SSSR count). The van der Waals surface area contributed by atoms with Crippen molar-refractivity contribution in [2.45, 2.75) is 28.9 Å². The fourth-order valence-electron chi connectivity index (χ4n) is 1.41. The highest BCUT2D eigenvalue weighted by atomic mass is 32.2. The maximum Gasteiger partial charge on any atom is 0.402 e. The highest BCUT2D eigenvalue weighted by molar-refractivity contribution is 7.90. The summed E-state index contributed by atoms with van der Waals surface area (Å²) in [6, 6.07) is 1.82. The molecule has 24 heavy (non-hydrogen) atoms. The summed E-state index contributed by atoms with van der Waals surface area (Å²) in [4.78, 5) is 9.63. The van der Waals surface area contributed by atoms with E-state index in [1.54, 1.807) is 0 Å². The number of carbonyl (C=O) groups is 1. The minimum Gasteiger partial charge on any atom is -0.480 e. The van der Waals surface area contributed by atoms with Crippen LogP contribution < -0.4 is 9.44 Å². The van der Waals surface area contributed by atoms with Gasteiger partial charge in [0.1, 0.15) is 12.6 Å². The van der Waals surface area contributed by atoms with E-state index in [2.05, 4.69) is 0 Å². The van der Waals surface area contributed by atoms with Gasteiger partial charge >= 0.3 is 12.1 Å². The van der Waals surface area contributed by atoms with Crippen molar-refractivity contribution in [2.24, 2.45) is 0 Å². The zero-order valence-corrected chi connectivity index (χ0v) is 13.7. The van der Waals surface area contributed by atoms with Gasteiger partial charge in [0.05, 0.1) is 9.79 Å². The van der Waals surface area contributed by atoms with E-state index in [9.17, 15) is 34.8 Å². The predicted octanol–water partition coefficient (Wildman–Crippen LogP) is 0.279. The lowest BCUT2D eigenvalue weighted by molar-refractivity contribution is -0.138. The first-order valence-corrected chi connectivity index (χ1v) is 9.13. The SMILES string of the molecule is C[C@H](NS(=O)(=O)c1ccc(S(=O)(=O)NCC(F)(F)F)cc1)C(=O)O. The Hall–Kier alpha value is -1.70. The molecular weight excluding hydrogens is 377 g/mol. The minimum absolute atomic E-state index is 0.439. The largest absolute Gasteiger partial charge is 0.480 e. The number of sulfonamides is 2. The monoisotopic (exact) mass is 390 g/mol. The summed E-state index contributed by atoms with van der Waals surface area (Å²) in [6.45, 7) is -0.688. The Morgan fingerprint density at radius 1 is 1.08 bits per heavy atom. The second kappa shape index (κ2) is 7.04. The van der Waals surface area contributed by atoms with Crippen molar-refractivity contribution >= 4 is 26.0 Å². The number of alkyl halides is 3. The molecule has 0 aromatic heterocycles. The molecule has 8 nitrogen and oxygen atoms in total. The minimum atomic E-state index is -4.74. The van der Waals surface area contributed by atoms with Crippen LogP contribution in [0.1, 0.15) is 6.92 Å². The first-order valence-electron chi connectivity index (χ1n) is 6.16. The smallest absolute Gasteiger partial charge is 0.402 e. The van der Waals surface area contributed by atoms with Gasteiger partial charge < -0.3 is 5.11 Å². The Bertz CT molecular complexity index is 803. The molecule has 1 atom stereocenters. The molecule has 0 aliphatic heterocycles. The van der Waals surface area contributed by atoms with Crippen LogP contribution in [0.3, 0.4) is 0 Å². The van der Waals surface area contributed by atoms with Gasteiger partial charge in [-0.15, -0.1) is 0 Å². The molecule has 0 spiro atoms. The number of nitrogens with one attached hydrogen (secondary N) is 2. The molecule has 13 heteroatoms. The second-order valence-corrected chi connectivity index (χ2v) is 8.07. The molecule has 1 aromatic carbocycles. The van der Waals surface area contributed by atoms with Crippen LogP contribution in [-0.2, 0) is 24.8 Å². The second-order valence-electron chi connectivity index (χ2n) is 4.59. The molecule has 0 aliphatic rings. The number of aliphatic carboxylic acids is 1. The van der Waals surface area contributed by atoms with Crippen LogP contribution in [0.25, 0.3) is 0 Å². The summed E-state index contributed by atoms with van der Waals surface area (Å²) >= 11 is 0. The van der Waals surface area contributed by atoms with E-state index in [0.29, 0.717) is 0 Å². The predicted molar refractivity (Wildman–Crippen MR) is 75.1 cm³/mol. The maximum absolute atomic E-state index is 12.0. The van der Waals surface area contributed by atoms with Crippen molar-refractivity contribution in [2.75, 3.05) is 6.54 Å². The molecule has 136 valence electrons. The van der Waals surface area contributed by atoms with Gasteiger partial charge in [0.2, 0.25) is 20.0 Å². The highest BCUT2D eigenvalue weighted by Gasteiger charge is 2.30. The normalized spacial score (nSPS) is 14.3. The van der Waals surface area contributed by atoms with Crippen LogP contribution in [0, 0.1) is 0 Å². The van der Waals surface area contributed by atoms with E-state index < -0.39 is 54.6 Å². The third kappa shape index (κ3) is 5.74. The van der Waals surface area contributed by atoms with E-state index in [1.165, 1.54) is 4.72 Å². The molecule has 0 saturated heterocycles. The van der Waals surface area contributed by atoms with E-state index in [0.717, 1.165) is 31.2 Å². The fraction of sp³-hybridized carbons (Fsp3) is 0.364. The van der Waals surface area contributed by atoms with Crippen LogP contribution >= 0.6 is 0 Å². The van der Waals surface area contributed by atoms with Crippen LogP contribution in [-0.4, -0.2) is 46.7 Å². The number of halogens is 3. The van der Waals surface area contributed by atoms with Crippen LogP contribution in [0.4, 0.5) is 13.2 Å². The van der Waals surface area contributed by atoms with E-state index >= 15 is 0 Å². The summed E-state index contributed by atoms with van der Waals surface area (Å²) < 4.78 is 86.4. The Balaban J connectivity index is 2.98. The summed E-state index contributed by atoms with van der Waals surface area (Å²) in [6.07, 6.45) is -4.74. The molecule has 0 radical (unpaired) electrons. The van der Waals surface area contributed by atoms with Gasteiger partial charge in [-0.2, -0.15) is 17.9 Å². The van der Waals surface area contributed by atoms with Gasteiger partial charge in [0.25, 0.3) is 0 Å². The Morgan fingerprint density at radius 3 is 1.88 bits per heavy atom. The summed E-state index contributed by atoms with van der Waals surface area (Å²) in [7, 11) is -8.70. The zero-order chi connectivity index (χ0) is 18.8. The number of carboxylic acid groups (broad SMARTS) is 1. The average molecular weight is 390 g/mol. The van der Waals surface area contributed by atoms with Crippen molar-refractivity contribution in [3.8, 4) is 0 Å². The molecule has 0 unspecified atom stereocenters. The number of hydrogen-bond donors (Lipinski definition) is 3. The zero-order valence-electron chi connectivity index (χ0n) is 12.0. The lowest BCUT2D eigenvalue weighted by atomic mass is 10.4. The number of benzene rings is 1. The number of hydrogen-bond acceptors (Lipinski definition) is 5. The van der Waals surface area contributed by atoms with Crippen molar-refractivity contribution in [3.05, 3.63) is 24.3 Å². The molecule has 0 aliphatic carbocycles. The first-order chi connectivity index (χ1) is 10.7. The third-order valence-electron chi connectivity index (χ3n) is 2.61. The van der Waals surface area contributed by atoms with Crippen molar-refractivity contribution < 1.29 is 39.9 Å². The first kappa shape index (κ1) is 20.3. The molecule has 0 fully saturated rings. The summed E-state index contributed by atoms with van der Waals surface area (Å²) in [5.41, 5.74) is 0. The number of rotatable bonds is 7. The molecular formula is C11H13F3N2O6S2. The van der Waals surface area contributed by atoms with Gasteiger partial charge in [-0.05, 0) is 31.2 Å². The van der Waals surface area contributed by atoms with Crippen LogP contribution in [0.15, 0.2) is 34.1 Å². The lowest BCUT2D eigenvalue weighted by Crippen LogP contribution is -2.38. The molecule has 1 aromatic rings. The van der Waals surface area contributed by atoms with Crippen LogP contribution in [0.5, 0.6) is 0 Å². The van der Waals surface area contributed by atoms with Gasteiger partial charge in [0.15, 0.2) is 0 Å². The molecule has 0 amide bonds. The van der Waals surface area contributed by atoms with Crippen molar-refractivity contribution in [1.82, 2.24) is 9.44 Å². The van der Waals surface area contributed by atoms with Crippen molar-refractivity contribution in [1.29, 1.82) is 0 Å². The quantitative estimate of drug-likeness (QED) is 0.613. The van der Waals surface area contributed by atoms with Crippen molar-refractivity contribution in [3.63, 3.8) is 0 Å². The van der Waals surface area contributed by atoms with Gasteiger partial charge in [-0.3, -0.25) is 4.79 Å². The lowest BCUT2D eigenvalue weighted by Gasteiger charge is -2.12. The highest BCUT2D eigenvalue weighted by Crippen LogP contribution is 2.17. The number of carboxylic acids is 1. The Kier molecular flexibility index (Phi) is 5.97. The average Bonchev–Trinajstić information content (AvgIpc) is 2.44. The summed E-state index contributed by atoms with van der Waals surface area (Å²) in [5.74, 6) is -1.42. The van der Waals surface area contributed by atoms with E-state index in [1.807, 2.05) is 4.72 Å². The van der Waals surface area contributed by atoms with Crippen LogP contribution in [0.2, 0.25) is 0 Å². The summed E-state index contributed by atoms with van der Waals surface area (Å²) in [5, 5.41) is 8.66. The molecule has 3 N–H and O–H groups in total.